The molecule has 24 heavy (non-hydrogen) atoms. The smallest absolute Gasteiger partial charge is 0.325 e. The van der Waals surface area contributed by atoms with Crippen LogP contribution in [0.2, 0.25) is 0 Å². The highest BCUT2D eigenvalue weighted by atomic mass is 19.1. The summed E-state index contributed by atoms with van der Waals surface area (Å²) in [6, 6.07) is 5.82. The maximum atomic E-state index is 13.5. The van der Waals surface area contributed by atoms with Gasteiger partial charge in [-0.2, -0.15) is 0 Å². The lowest BCUT2D eigenvalue weighted by atomic mass is 9.96. The molecule has 0 bridgehead atoms. The summed E-state index contributed by atoms with van der Waals surface area (Å²) in [5.74, 6) is -0.946. The number of hydrogen-bond acceptors (Lipinski definition) is 3. The topological polar surface area (TPSA) is 78.5 Å². The Balaban J connectivity index is 1.51. The van der Waals surface area contributed by atoms with Crippen LogP contribution in [-0.2, 0) is 16.0 Å². The minimum Gasteiger partial charge on any atom is -0.354 e. The van der Waals surface area contributed by atoms with E-state index in [-0.39, 0.29) is 30.7 Å². The van der Waals surface area contributed by atoms with Crippen molar-refractivity contribution in [2.75, 3.05) is 13.1 Å². The van der Waals surface area contributed by atoms with E-state index >= 15 is 0 Å². The molecular weight excluding hydrogens is 313 g/mol. The Labute approximate surface area is 139 Å². The third-order valence-corrected chi connectivity index (χ3v) is 4.67. The number of carbonyl (C=O) groups is 3. The highest BCUT2D eigenvalue weighted by Crippen LogP contribution is 2.42. The fourth-order valence-electron chi connectivity index (χ4n) is 3.03. The maximum absolute atomic E-state index is 13.5. The van der Waals surface area contributed by atoms with Gasteiger partial charge >= 0.3 is 6.03 Å². The molecule has 1 aliphatic heterocycles. The first-order valence-corrected chi connectivity index (χ1v) is 8.06. The van der Waals surface area contributed by atoms with Crippen molar-refractivity contribution in [3.63, 3.8) is 0 Å². The molecule has 1 heterocycles. The first-order chi connectivity index (χ1) is 11.4. The third kappa shape index (κ3) is 3.11. The van der Waals surface area contributed by atoms with E-state index in [0.717, 1.165) is 17.7 Å². The molecule has 4 amide bonds. The van der Waals surface area contributed by atoms with Crippen molar-refractivity contribution in [1.29, 1.82) is 0 Å². The zero-order chi connectivity index (χ0) is 17.3. The van der Waals surface area contributed by atoms with Gasteiger partial charge in [0.05, 0.1) is 0 Å². The number of benzene rings is 1. The second kappa shape index (κ2) is 6.22. The molecule has 1 aromatic carbocycles. The summed E-state index contributed by atoms with van der Waals surface area (Å²) in [5, 5.41) is 5.31. The van der Waals surface area contributed by atoms with Crippen LogP contribution in [0.5, 0.6) is 0 Å². The van der Waals surface area contributed by atoms with Gasteiger partial charge in [-0.05, 0) is 43.7 Å². The summed E-state index contributed by atoms with van der Waals surface area (Å²) in [6.45, 7) is 1.63. The first kappa shape index (κ1) is 16.4. The van der Waals surface area contributed by atoms with E-state index in [0.29, 0.717) is 12.0 Å². The molecule has 0 aromatic heterocycles. The summed E-state index contributed by atoms with van der Waals surface area (Å²) in [4.78, 5) is 37.3. The van der Waals surface area contributed by atoms with E-state index in [1.807, 2.05) is 0 Å². The Morgan fingerprint density at radius 2 is 2.08 bits per heavy atom. The van der Waals surface area contributed by atoms with Gasteiger partial charge in [-0.3, -0.25) is 14.5 Å². The number of hydrogen-bond donors (Lipinski definition) is 2. The first-order valence-electron chi connectivity index (χ1n) is 8.06. The number of halogens is 1. The molecule has 2 fully saturated rings. The second-order valence-corrected chi connectivity index (χ2v) is 6.49. The van der Waals surface area contributed by atoms with Crippen LogP contribution in [0.3, 0.4) is 0 Å². The largest absolute Gasteiger partial charge is 0.354 e. The van der Waals surface area contributed by atoms with Gasteiger partial charge in [-0.1, -0.05) is 18.2 Å². The van der Waals surface area contributed by atoms with E-state index in [4.69, 9.17) is 0 Å². The van der Waals surface area contributed by atoms with E-state index in [1.165, 1.54) is 6.07 Å². The molecule has 1 aliphatic carbocycles. The number of urea groups is 1. The van der Waals surface area contributed by atoms with Gasteiger partial charge in [-0.15, -0.1) is 0 Å². The summed E-state index contributed by atoms with van der Waals surface area (Å²) in [5.41, 5.74) is -0.376. The second-order valence-electron chi connectivity index (χ2n) is 6.49. The fraction of sp³-hybridized carbons (Fsp3) is 0.471. The van der Waals surface area contributed by atoms with E-state index < -0.39 is 17.5 Å². The minimum absolute atomic E-state index is 0.156. The number of imide groups is 1. The van der Waals surface area contributed by atoms with Gasteiger partial charge in [-0.25, -0.2) is 9.18 Å². The van der Waals surface area contributed by atoms with Crippen molar-refractivity contribution in [3.8, 4) is 0 Å². The Hall–Kier alpha value is -2.44. The van der Waals surface area contributed by atoms with Crippen molar-refractivity contribution < 1.29 is 18.8 Å². The van der Waals surface area contributed by atoms with Gasteiger partial charge in [0.2, 0.25) is 5.91 Å². The molecular formula is C17H20FN3O3. The lowest BCUT2D eigenvalue weighted by Gasteiger charge is -2.20. The van der Waals surface area contributed by atoms with Crippen molar-refractivity contribution in [2.45, 2.75) is 31.7 Å². The summed E-state index contributed by atoms with van der Waals surface area (Å²) in [7, 11) is 0. The quantitative estimate of drug-likeness (QED) is 0.768. The molecule has 1 aromatic rings. The zero-order valence-electron chi connectivity index (χ0n) is 13.5. The average molecular weight is 333 g/mol. The van der Waals surface area contributed by atoms with E-state index in [2.05, 4.69) is 10.6 Å². The van der Waals surface area contributed by atoms with Crippen molar-refractivity contribution in [3.05, 3.63) is 35.6 Å². The fourth-order valence-corrected chi connectivity index (χ4v) is 3.03. The van der Waals surface area contributed by atoms with E-state index in [9.17, 15) is 18.8 Å². The van der Waals surface area contributed by atoms with Crippen LogP contribution in [0, 0.1) is 11.7 Å². The SMILES string of the molecule is C[C@@]1(C2CC2)NC(=O)N(CC(=O)NCCc2ccccc2F)C1=O. The molecule has 1 saturated heterocycles. The predicted octanol–water partition coefficient (Wildman–Crippen LogP) is 1.20. The van der Waals surface area contributed by atoms with Crippen LogP contribution < -0.4 is 10.6 Å². The van der Waals surface area contributed by atoms with Crippen LogP contribution >= 0.6 is 0 Å². The van der Waals surface area contributed by atoms with Crippen LogP contribution in [0.25, 0.3) is 0 Å². The van der Waals surface area contributed by atoms with Crippen LogP contribution in [0.4, 0.5) is 9.18 Å². The third-order valence-electron chi connectivity index (χ3n) is 4.67. The molecule has 2 N–H and O–H groups in total. The molecule has 0 spiro atoms. The monoisotopic (exact) mass is 333 g/mol. The van der Waals surface area contributed by atoms with Gasteiger partial charge in [0.15, 0.2) is 0 Å². The molecule has 0 radical (unpaired) electrons. The molecule has 2 aliphatic rings. The number of carbonyl (C=O) groups excluding carboxylic acids is 3. The van der Waals surface area contributed by atoms with Crippen molar-refractivity contribution in [1.82, 2.24) is 15.5 Å². The number of nitrogens with one attached hydrogen (secondary N) is 2. The number of rotatable bonds is 6. The van der Waals surface area contributed by atoms with E-state index in [1.54, 1.807) is 25.1 Å². The molecule has 1 atom stereocenters. The summed E-state index contributed by atoms with van der Waals surface area (Å²) in [6.07, 6.45) is 2.16. The van der Waals surface area contributed by atoms with Gasteiger partial charge < -0.3 is 10.6 Å². The lowest BCUT2D eigenvalue weighted by Crippen LogP contribution is -2.47. The Morgan fingerprint density at radius 3 is 2.75 bits per heavy atom. The summed E-state index contributed by atoms with van der Waals surface area (Å²) >= 11 is 0. The standard InChI is InChI=1S/C17H20FN3O3/c1-17(12-6-7-12)15(23)21(16(24)20-17)10-14(22)19-9-8-11-4-2-3-5-13(11)18/h2-5,12H,6-10H2,1H3,(H,19,22)(H,20,24)/t17-/m0/s1. The molecule has 3 rings (SSSR count). The van der Waals surface area contributed by atoms with Gasteiger partial charge in [0.25, 0.3) is 5.91 Å². The van der Waals surface area contributed by atoms with Crippen LogP contribution in [0.1, 0.15) is 25.3 Å². The van der Waals surface area contributed by atoms with Crippen molar-refractivity contribution in [2.24, 2.45) is 5.92 Å². The highest BCUT2D eigenvalue weighted by Gasteiger charge is 2.56. The summed E-state index contributed by atoms with van der Waals surface area (Å²) < 4.78 is 13.5. The predicted molar refractivity (Wildman–Crippen MR) is 84.5 cm³/mol. The average Bonchev–Trinajstić information content (AvgIpc) is 3.36. The highest BCUT2D eigenvalue weighted by molar-refractivity contribution is 6.09. The number of nitrogens with zero attached hydrogens (tertiary/aromatic N) is 1. The molecule has 128 valence electrons. The molecule has 0 unspecified atom stereocenters. The Kier molecular flexibility index (Phi) is 4.26. The molecule has 1 saturated carbocycles. The lowest BCUT2D eigenvalue weighted by molar-refractivity contribution is -0.135. The van der Waals surface area contributed by atoms with Gasteiger partial charge in [0.1, 0.15) is 17.9 Å². The maximum Gasteiger partial charge on any atom is 0.325 e. The Bertz CT molecular complexity index is 689. The van der Waals surface area contributed by atoms with Crippen molar-refractivity contribution >= 4 is 17.8 Å². The molecule has 7 heteroatoms. The van der Waals surface area contributed by atoms with Crippen LogP contribution in [-0.4, -0.2) is 41.4 Å². The minimum atomic E-state index is -0.884. The van der Waals surface area contributed by atoms with Crippen LogP contribution in [0.15, 0.2) is 24.3 Å². The normalized spacial score (nSPS) is 23.3. The van der Waals surface area contributed by atoms with Gasteiger partial charge in [0, 0.05) is 6.54 Å². The molecule has 6 nitrogen and oxygen atoms in total. The zero-order valence-corrected chi connectivity index (χ0v) is 13.5. The Morgan fingerprint density at radius 1 is 1.38 bits per heavy atom. The number of amides is 4.